The molecule has 5 heavy (non-hydrogen) atoms. The summed E-state index contributed by atoms with van der Waals surface area (Å²) in [5, 5.41) is 0. The Kier molecular flexibility index (Phi) is 1.79. The fourth-order valence-corrected chi connectivity index (χ4v) is 0. The molecule has 0 spiro atoms. The molecular formula is C4H6Si. The van der Waals surface area contributed by atoms with Crippen molar-refractivity contribution in [3.63, 3.8) is 0 Å². The summed E-state index contributed by atoms with van der Waals surface area (Å²) in [5.41, 5.74) is 2.52. The Balaban J connectivity index is 3.35. The van der Waals surface area contributed by atoms with Gasteiger partial charge in [0, 0.05) is 0 Å². The van der Waals surface area contributed by atoms with E-state index in [0.29, 0.717) is 0 Å². The van der Waals surface area contributed by atoms with E-state index in [4.69, 9.17) is 6.42 Å². The molecule has 0 rings (SSSR count). The Bertz CT molecular complexity index is 76.1. The molecule has 0 fully saturated rings. The van der Waals surface area contributed by atoms with Gasteiger partial charge in [0.2, 0.25) is 0 Å². The van der Waals surface area contributed by atoms with E-state index in [1.165, 1.54) is 0 Å². The fourth-order valence-electron chi connectivity index (χ4n) is 0. The quantitative estimate of drug-likeness (QED) is 0.291. The number of rotatable bonds is 0. The highest BCUT2D eigenvalue weighted by Gasteiger charge is 1.63. The molecule has 0 aliphatic rings. The average molecular weight is 82.2 g/mol. The van der Waals surface area contributed by atoms with Gasteiger partial charge in [-0.1, -0.05) is 0 Å². The summed E-state index contributed by atoms with van der Waals surface area (Å²) in [7, 11) is -0.596. The standard InChI is InChI=1S/C4H6Si/c1-4-5(2)3/h1H,2H2,3H3. The van der Waals surface area contributed by atoms with Crippen LogP contribution in [0.2, 0.25) is 6.55 Å². The molecule has 0 aromatic carbocycles. The number of terminal acetylenes is 1. The first-order valence-corrected chi connectivity index (χ1v) is 3.60. The van der Waals surface area contributed by atoms with Crippen molar-refractivity contribution >= 4 is 14.6 Å². The highest BCUT2D eigenvalue weighted by molar-refractivity contribution is 6.68. The summed E-state index contributed by atoms with van der Waals surface area (Å²) in [6, 6.07) is 0. The molecule has 0 saturated heterocycles. The molecule has 0 heterocycles. The number of hydrogen-bond acceptors (Lipinski definition) is 0. The molecule has 0 aromatic rings. The summed E-state index contributed by atoms with van der Waals surface area (Å²) in [5.74, 6) is 0. The van der Waals surface area contributed by atoms with Crippen LogP contribution in [0.1, 0.15) is 0 Å². The van der Waals surface area contributed by atoms with Gasteiger partial charge in [-0.3, -0.25) is 0 Å². The summed E-state index contributed by atoms with van der Waals surface area (Å²) < 4.78 is 0. The van der Waals surface area contributed by atoms with Crippen molar-refractivity contribution in [2.45, 2.75) is 6.55 Å². The lowest BCUT2D eigenvalue weighted by atomic mass is 11.4. The van der Waals surface area contributed by atoms with Crippen LogP contribution in [-0.4, -0.2) is 14.6 Å². The zero-order valence-electron chi connectivity index (χ0n) is 3.28. The summed E-state index contributed by atoms with van der Waals surface area (Å²) in [6.07, 6.45) is 8.53. The lowest BCUT2D eigenvalue weighted by molar-refractivity contribution is 2.30. The molecule has 0 aliphatic carbocycles. The Morgan fingerprint density at radius 3 is 2.20 bits per heavy atom. The predicted molar refractivity (Wildman–Crippen MR) is 27.6 cm³/mol. The predicted octanol–water partition coefficient (Wildman–Crippen LogP) is 0.297. The van der Waals surface area contributed by atoms with Crippen molar-refractivity contribution in [1.29, 1.82) is 0 Å². The zero-order chi connectivity index (χ0) is 4.28. The lowest BCUT2D eigenvalue weighted by Gasteiger charge is -1.63. The summed E-state index contributed by atoms with van der Waals surface area (Å²) in [4.78, 5) is 0. The van der Waals surface area contributed by atoms with Crippen LogP contribution in [0, 0.1) is 12.0 Å². The first-order valence-electron chi connectivity index (χ1n) is 1.39. The van der Waals surface area contributed by atoms with Crippen molar-refractivity contribution in [3.05, 3.63) is 0 Å². The largest absolute Gasteiger partial charge is 0.123 e. The van der Waals surface area contributed by atoms with Crippen molar-refractivity contribution in [3.8, 4) is 12.0 Å². The van der Waals surface area contributed by atoms with E-state index < -0.39 is 8.41 Å². The van der Waals surface area contributed by atoms with Crippen LogP contribution >= 0.6 is 0 Å². The SMILES string of the molecule is C#C[Si](=C)C. The van der Waals surface area contributed by atoms with Gasteiger partial charge in [-0.05, 0) is 6.55 Å². The molecule has 1 heteroatoms. The fraction of sp³-hybridized carbons (Fsp3) is 0.250. The summed E-state index contributed by atoms with van der Waals surface area (Å²) in [6.45, 7) is 1.98. The molecule has 0 unspecified atom stereocenters. The van der Waals surface area contributed by atoms with E-state index in [1.54, 1.807) is 0 Å². The molecule has 26 valence electrons. The molecule has 0 bridgehead atoms. The molecule has 0 aromatic heterocycles. The minimum atomic E-state index is -0.596. The Labute approximate surface area is 34.1 Å². The smallest absolute Gasteiger partial charge is 0.0922 e. The van der Waals surface area contributed by atoms with Gasteiger partial charge in [0.25, 0.3) is 0 Å². The minimum Gasteiger partial charge on any atom is -0.123 e. The Morgan fingerprint density at radius 1 is 2.00 bits per heavy atom. The second-order valence-corrected chi connectivity index (χ2v) is 2.77. The highest BCUT2D eigenvalue weighted by atomic mass is 28.2. The van der Waals surface area contributed by atoms with Crippen LogP contribution in [0.5, 0.6) is 0 Å². The van der Waals surface area contributed by atoms with Gasteiger partial charge in [-0.15, -0.1) is 18.1 Å². The molecule has 0 radical (unpaired) electrons. The average Bonchev–Trinajstić information content (AvgIpc) is 1.38. The maximum atomic E-state index is 4.90. The maximum Gasteiger partial charge on any atom is 0.0922 e. The molecular weight excluding hydrogens is 76.1 g/mol. The van der Waals surface area contributed by atoms with E-state index in [-0.39, 0.29) is 0 Å². The van der Waals surface area contributed by atoms with Crippen LogP contribution in [-0.2, 0) is 0 Å². The third-order valence-electron chi connectivity index (χ3n) is 0.246. The molecule has 0 amide bonds. The van der Waals surface area contributed by atoms with Crippen LogP contribution < -0.4 is 0 Å². The van der Waals surface area contributed by atoms with Crippen molar-refractivity contribution in [2.24, 2.45) is 0 Å². The summed E-state index contributed by atoms with van der Waals surface area (Å²) >= 11 is 0. The minimum absolute atomic E-state index is 0.596. The second-order valence-electron chi connectivity index (χ2n) is 0.925. The number of hydrogen-bond donors (Lipinski definition) is 0. The molecule has 0 N–H and O–H groups in total. The maximum absolute atomic E-state index is 4.90. The lowest BCUT2D eigenvalue weighted by Crippen LogP contribution is -1.81. The first kappa shape index (κ1) is 4.65. The van der Waals surface area contributed by atoms with Crippen molar-refractivity contribution in [2.75, 3.05) is 0 Å². The van der Waals surface area contributed by atoms with Crippen molar-refractivity contribution < 1.29 is 0 Å². The van der Waals surface area contributed by atoms with E-state index in [1.807, 2.05) is 6.55 Å². The van der Waals surface area contributed by atoms with Gasteiger partial charge in [0.05, 0.1) is 8.41 Å². The van der Waals surface area contributed by atoms with Gasteiger partial charge in [0.15, 0.2) is 0 Å². The third-order valence-corrected chi connectivity index (χ3v) is 0.739. The van der Waals surface area contributed by atoms with Crippen LogP contribution in [0.3, 0.4) is 0 Å². The molecule has 0 aliphatic heterocycles. The zero-order valence-corrected chi connectivity index (χ0v) is 4.28. The monoisotopic (exact) mass is 82.0 g/mol. The highest BCUT2D eigenvalue weighted by Crippen LogP contribution is 1.49. The third kappa shape index (κ3) is 3.65. The Morgan fingerprint density at radius 2 is 2.20 bits per heavy atom. The van der Waals surface area contributed by atoms with Crippen LogP contribution in [0.25, 0.3) is 0 Å². The Hall–Kier alpha value is -0.353. The van der Waals surface area contributed by atoms with Crippen molar-refractivity contribution in [1.82, 2.24) is 0 Å². The van der Waals surface area contributed by atoms with Gasteiger partial charge >= 0.3 is 0 Å². The van der Waals surface area contributed by atoms with Crippen LogP contribution in [0.4, 0.5) is 0 Å². The molecule has 0 atom stereocenters. The van der Waals surface area contributed by atoms with E-state index in [0.717, 1.165) is 0 Å². The van der Waals surface area contributed by atoms with E-state index in [2.05, 4.69) is 11.7 Å². The molecule has 0 nitrogen and oxygen atoms in total. The van der Waals surface area contributed by atoms with Gasteiger partial charge in [0.1, 0.15) is 0 Å². The first-order chi connectivity index (χ1) is 2.27. The second kappa shape index (κ2) is 1.92. The normalized spacial score (nSPS) is 5.60. The van der Waals surface area contributed by atoms with E-state index in [9.17, 15) is 0 Å². The van der Waals surface area contributed by atoms with E-state index >= 15 is 0 Å². The topological polar surface area (TPSA) is 0 Å². The van der Waals surface area contributed by atoms with Crippen LogP contribution in [0.15, 0.2) is 0 Å². The van der Waals surface area contributed by atoms with Gasteiger partial charge < -0.3 is 0 Å². The van der Waals surface area contributed by atoms with Gasteiger partial charge in [-0.25, -0.2) is 0 Å². The molecule has 0 saturated carbocycles. The van der Waals surface area contributed by atoms with Gasteiger partial charge in [-0.2, -0.15) is 0 Å².